The molecule has 1 aromatic heterocycles. The van der Waals surface area contributed by atoms with Crippen LogP contribution < -0.4 is 10.3 Å². The maximum absolute atomic E-state index is 12.4. The Morgan fingerprint density at radius 2 is 1.52 bits per heavy atom. The van der Waals surface area contributed by atoms with Crippen LogP contribution in [0, 0.1) is 0 Å². The number of para-hydroxylation sites is 1. The van der Waals surface area contributed by atoms with Gasteiger partial charge in [0.05, 0.1) is 10.4 Å². The molecule has 2 N–H and O–H groups in total. The zero-order valence-electron chi connectivity index (χ0n) is 14.6. The van der Waals surface area contributed by atoms with Crippen molar-refractivity contribution in [3.05, 3.63) is 78.9 Å². The molecule has 0 spiro atoms. The van der Waals surface area contributed by atoms with Crippen LogP contribution in [0.1, 0.15) is 0 Å². The Kier molecular flexibility index (Phi) is 4.39. The molecule has 4 aromatic rings. The molecule has 136 valence electrons. The van der Waals surface area contributed by atoms with Crippen molar-refractivity contribution in [1.82, 2.24) is 14.6 Å². The second-order valence-electron chi connectivity index (χ2n) is 6.08. The van der Waals surface area contributed by atoms with Crippen molar-refractivity contribution in [3.8, 4) is 11.1 Å². The van der Waals surface area contributed by atoms with Gasteiger partial charge in [0.1, 0.15) is 0 Å². The van der Waals surface area contributed by atoms with Crippen LogP contribution in [0.25, 0.3) is 22.0 Å². The number of fused-ring (bicyclic) bond motifs is 1. The predicted molar refractivity (Wildman–Crippen MR) is 107 cm³/mol. The summed E-state index contributed by atoms with van der Waals surface area (Å²) in [5.74, 6) is 0.449. The first-order valence-electron chi connectivity index (χ1n) is 8.40. The van der Waals surface area contributed by atoms with Crippen LogP contribution in [0.3, 0.4) is 0 Å². The average Bonchev–Trinajstić information content (AvgIpc) is 3.04. The normalized spacial score (nSPS) is 11.6. The van der Waals surface area contributed by atoms with Gasteiger partial charge in [-0.1, -0.05) is 60.7 Å². The fraction of sp³-hybridized carbons (Fsp3) is 0.0500. The molecule has 0 aliphatic heterocycles. The average molecular weight is 378 g/mol. The quantitative estimate of drug-likeness (QED) is 0.521. The number of nitrogens with zero attached hydrogens (tertiary/aromatic N) is 2. The second-order valence-corrected chi connectivity index (χ2v) is 7.77. The van der Waals surface area contributed by atoms with Crippen LogP contribution in [0.5, 0.6) is 0 Å². The van der Waals surface area contributed by atoms with Gasteiger partial charge in [-0.3, -0.25) is 10.1 Å². The van der Waals surface area contributed by atoms with E-state index in [4.69, 9.17) is 0 Å². The number of aryl methyl sites for hydroxylation is 1. The van der Waals surface area contributed by atoms with Gasteiger partial charge in [0.15, 0.2) is 5.82 Å². The third-order valence-corrected chi connectivity index (χ3v) is 5.57. The zero-order valence-corrected chi connectivity index (χ0v) is 15.4. The van der Waals surface area contributed by atoms with Gasteiger partial charge < -0.3 is 0 Å². The van der Waals surface area contributed by atoms with Gasteiger partial charge in [-0.05, 0) is 23.8 Å². The van der Waals surface area contributed by atoms with Crippen LogP contribution in [-0.4, -0.2) is 18.2 Å². The Morgan fingerprint density at radius 1 is 0.852 bits per heavy atom. The van der Waals surface area contributed by atoms with E-state index in [9.17, 15) is 8.42 Å². The van der Waals surface area contributed by atoms with Crippen molar-refractivity contribution in [1.29, 1.82) is 0 Å². The molecule has 27 heavy (non-hydrogen) atoms. The van der Waals surface area contributed by atoms with E-state index in [0.717, 1.165) is 22.0 Å². The van der Waals surface area contributed by atoms with Gasteiger partial charge in [0.25, 0.3) is 10.0 Å². The third-order valence-electron chi connectivity index (χ3n) is 4.31. The minimum absolute atomic E-state index is 0.183. The van der Waals surface area contributed by atoms with Crippen molar-refractivity contribution in [3.63, 3.8) is 0 Å². The number of hydrazine groups is 1. The highest BCUT2D eigenvalue weighted by atomic mass is 32.2. The summed E-state index contributed by atoms with van der Waals surface area (Å²) in [6.45, 7) is 0. The molecular formula is C20H18N4O2S. The summed E-state index contributed by atoms with van der Waals surface area (Å²) in [5.41, 5.74) is 5.78. The van der Waals surface area contributed by atoms with E-state index in [0.29, 0.717) is 5.82 Å². The second kappa shape index (κ2) is 6.86. The van der Waals surface area contributed by atoms with E-state index in [-0.39, 0.29) is 4.90 Å². The molecule has 4 rings (SSSR count). The fourth-order valence-corrected chi connectivity index (χ4v) is 3.92. The first kappa shape index (κ1) is 17.3. The van der Waals surface area contributed by atoms with Crippen molar-refractivity contribution in [2.45, 2.75) is 4.90 Å². The zero-order chi connectivity index (χ0) is 18.9. The largest absolute Gasteiger partial charge is 0.290 e. The molecule has 6 nitrogen and oxygen atoms in total. The highest BCUT2D eigenvalue weighted by Gasteiger charge is 2.17. The molecule has 0 radical (unpaired) electrons. The van der Waals surface area contributed by atoms with Gasteiger partial charge in [0.2, 0.25) is 0 Å². The molecule has 0 atom stereocenters. The van der Waals surface area contributed by atoms with Crippen molar-refractivity contribution in [2.24, 2.45) is 7.05 Å². The van der Waals surface area contributed by atoms with Crippen LogP contribution in [0.2, 0.25) is 0 Å². The lowest BCUT2D eigenvalue weighted by Crippen LogP contribution is -2.29. The summed E-state index contributed by atoms with van der Waals surface area (Å²) in [6.07, 6.45) is 0. The Bertz CT molecular complexity index is 1190. The van der Waals surface area contributed by atoms with E-state index in [2.05, 4.69) is 15.4 Å². The minimum atomic E-state index is -3.69. The lowest BCUT2D eigenvalue weighted by Gasteiger charge is -2.08. The molecule has 0 aliphatic carbocycles. The van der Waals surface area contributed by atoms with E-state index in [1.54, 1.807) is 22.9 Å². The van der Waals surface area contributed by atoms with Crippen molar-refractivity contribution >= 4 is 26.7 Å². The first-order valence-corrected chi connectivity index (χ1v) is 9.88. The number of anilines is 1. The molecule has 0 saturated heterocycles. The molecule has 0 amide bonds. The highest BCUT2D eigenvalue weighted by Crippen LogP contribution is 2.31. The summed E-state index contributed by atoms with van der Waals surface area (Å²) >= 11 is 0. The third kappa shape index (κ3) is 3.30. The number of hydrogen-bond acceptors (Lipinski definition) is 4. The number of nitrogens with one attached hydrogen (secondary N) is 2. The van der Waals surface area contributed by atoms with Crippen LogP contribution in [0.15, 0.2) is 83.8 Å². The van der Waals surface area contributed by atoms with Crippen LogP contribution in [-0.2, 0) is 17.1 Å². The van der Waals surface area contributed by atoms with E-state index in [1.165, 1.54) is 12.1 Å². The molecule has 3 aromatic carbocycles. The van der Waals surface area contributed by atoms with Gasteiger partial charge in [-0.15, -0.1) is 4.83 Å². The Balaban J connectivity index is 1.70. The SMILES string of the molecule is Cn1nc(NNS(=O)(=O)c2ccccc2)c2cccc(-c3ccccc3)c21. The van der Waals surface area contributed by atoms with Crippen molar-refractivity contribution in [2.75, 3.05) is 5.43 Å². The number of benzene rings is 3. The standard InChI is InChI=1S/C20H18N4O2S/c1-24-19-17(15-9-4-2-5-10-15)13-8-14-18(19)20(22-24)21-23-27(25,26)16-11-6-3-7-12-16/h2-14,23H,1H3,(H,21,22). The van der Waals surface area contributed by atoms with Crippen LogP contribution in [0.4, 0.5) is 5.82 Å². The fourth-order valence-electron chi connectivity index (χ4n) is 3.05. The molecule has 0 aliphatic rings. The number of hydrogen-bond donors (Lipinski definition) is 2. The van der Waals surface area contributed by atoms with E-state index < -0.39 is 10.0 Å². The van der Waals surface area contributed by atoms with E-state index in [1.807, 2.05) is 55.6 Å². The summed E-state index contributed by atoms with van der Waals surface area (Å²) in [7, 11) is -1.85. The summed E-state index contributed by atoms with van der Waals surface area (Å²) in [6, 6.07) is 24.1. The van der Waals surface area contributed by atoms with Crippen LogP contribution >= 0.6 is 0 Å². The smallest absolute Gasteiger partial charge is 0.257 e. The number of aromatic nitrogens is 2. The van der Waals surface area contributed by atoms with E-state index >= 15 is 0 Å². The van der Waals surface area contributed by atoms with Gasteiger partial charge in [-0.25, -0.2) is 8.42 Å². The number of sulfonamides is 1. The topological polar surface area (TPSA) is 76.0 Å². The Labute approximate surface area is 157 Å². The highest BCUT2D eigenvalue weighted by molar-refractivity contribution is 7.89. The Hall–Kier alpha value is -3.16. The lowest BCUT2D eigenvalue weighted by molar-refractivity contribution is 0.587. The summed E-state index contributed by atoms with van der Waals surface area (Å²) < 4.78 is 26.6. The minimum Gasteiger partial charge on any atom is -0.290 e. The summed E-state index contributed by atoms with van der Waals surface area (Å²) in [4.78, 5) is 2.59. The molecule has 1 heterocycles. The predicted octanol–water partition coefficient (Wildman–Crippen LogP) is 3.55. The summed E-state index contributed by atoms with van der Waals surface area (Å²) in [5, 5.41) is 5.28. The van der Waals surface area contributed by atoms with Gasteiger partial charge in [-0.2, -0.15) is 5.10 Å². The first-order chi connectivity index (χ1) is 13.1. The van der Waals surface area contributed by atoms with Gasteiger partial charge >= 0.3 is 0 Å². The maximum Gasteiger partial charge on any atom is 0.257 e. The molecule has 0 unspecified atom stereocenters. The maximum atomic E-state index is 12.4. The monoisotopic (exact) mass is 378 g/mol. The molecule has 0 bridgehead atoms. The van der Waals surface area contributed by atoms with Gasteiger partial charge in [0, 0.05) is 18.0 Å². The molecular weight excluding hydrogens is 360 g/mol. The number of rotatable bonds is 5. The van der Waals surface area contributed by atoms with Crippen molar-refractivity contribution < 1.29 is 8.42 Å². The molecule has 7 heteroatoms. The lowest BCUT2D eigenvalue weighted by atomic mass is 10.0. The molecule has 0 fully saturated rings. The Morgan fingerprint density at radius 3 is 2.22 bits per heavy atom. The molecule has 0 saturated carbocycles.